The summed E-state index contributed by atoms with van der Waals surface area (Å²) in [6.07, 6.45) is 4.47. The predicted octanol–water partition coefficient (Wildman–Crippen LogP) is 2.08. The van der Waals surface area contributed by atoms with Crippen molar-refractivity contribution in [3.05, 3.63) is 126 Å². The summed E-state index contributed by atoms with van der Waals surface area (Å²) in [5, 5.41) is 31.3. The minimum atomic E-state index is -1.17. The molecular formula is C27H21FeO6. The molecule has 0 aliphatic rings. The first-order valence-corrected chi connectivity index (χ1v) is 9.55. The molecule has 0 fully saturated rings. The minimum absolute atomic E-state index is 0. The Morgan fingerprint density at radius 1 is 0.500 bits per heavy atom. The molecule has 34 heavy (non-hydrogen) atoms. The monoisotopic (exact) mass is 497 g/mol. The third kappa shape index (κ3) is 9.12. The van der Waals surface area contributed by atoms with Crippen LogP contribution in [0.4, 0.5) is 0 Å². The van der Waals surface area contributed by atoms with Crippen LogP contribution in [-0.4, -0.2) is 17.9 Å². The third-order valence-corrected chi connectivity index (χ3v) is 4.20. The Morgan fingerprint density at radius 2 is 0.706 bits per heavy atom. The Morgan fingerprint density at radius 3 is 0.853 bits per heavy atom. The largest absolute Gasteiger partial charge is 3.00 e. The van der Waals surface area contributed by atoms with Crippen LogP contribution < -0.4 is 15.3 Å². The Bertz CT molecular complexity index is 1020. The average Bonchev–Trinajstić information content (AvgIpc) is 2.84. The summed E-state index contributed by atoms with van der Waals surface area (Å²) < 4.78 is 0. The molecule has 0 bridgehead atoms. The summed E-state index contributed by atoms with van der Waals surface area (Å²) in [7, 11) is 0. The summed E-state index contributed by atoms with van der Waals surface area (Å²) in [4.78, 5) is 31.3. The van der Waals surface area contributed by atoms with Gasteiger partial charge in [-0.2, -0.15) is 0 Å². The number of aromatic carboxylic acids is 3. The molecule has 0 saturated carbocycles. The fourth-order valence-electron chi connectivity index (χ4n) is 2.58. The van der Waals surface area contributed by atoms with Crippen molar-refractivity contribution >= 4 is 36.1 Å². The number of carboxylic acids is 3. The standard InChI is InChI=1S/3C9H8O2.Fe/c3*1-2-7-5-3-4-6-8(7)9(10)11;/h3*2-6H,1H2,(H,10,11);/q;;;+3/p-3. The molecule has 3 aromatic carbocycles. The van der Waals surface area contributed by atoms with Gasteiger partial charge in [0.2, 0.25) is 0 Å². The SMILES string of the molecule is C=Cc1ccccc1C(=O)[O-].C=Cc1ccccc1C(=O)[O-].C=Cc1ccccc1C(=O)[O-].[Fe+3]. The Hall–Kier alpha value is -4.19. The van der Waals surface area contributed by atoms with Gasteiger partial charge < -0.3 is 29.7 Å². The maximum absolute atomic E-state index is 10.4. The van der Waals surface area contributed by atoms with Crippen LogP contribution in [-0.2, 0) is 17.1 Å². The zero-order valence-electron chi connectivity index (χ0n) is 18.1. The van der Waals surface area contributed by atoms with Crippen molar-refractivity contribution in [2.24, 2.45) is 0 Å². The van der Waals surface area contributed by atoms with E-state index in [2.05, 4.69) is 19.7 Å². The zero-order chi connectivity index (χ0) is 24.8. The quantitative estimate of drug-likeness (QED) is 0.481. The van der Waals surface area contributed by atoms with Gasteiger partial charge in [0.1, 0.15) is 0 Å². The molecular weight excluding hydrogens is 476 g/mol. The number of carboxylic acid groups (broad SMARTS) is 3. The van der Waals surface area contributed by atoms with E-state index in [1.807, 2.05) is 0 Å². The van der Waals surface area contributed by atoms with Gasteiger partial charge in [-0.05, 0) is 16.7 Å². The van der Waals surface area contributed by atoms with Crippen LogP contribution in [0.1, 0.15) is 47.8 Å². The van der Waals surface area contributed by atoms with Crippen molar-refractivity contribution in [1.29, 1.82) is 0 Å². The van der Waals surface area contributed by atoms with Crippen LogP contribution in [0.2, 0.25) is 0 Å². The number of hydrogen-bond acceptors (Lipinski definition) is 6. The number of carbonyl (C=O) groups excluding carboxylic acids is 3. The maximum Gasteiger partial charge on any atom is 3.00 e. The molecule has 0 saturated heterocycles. The Balaban J connectivity index is 0.000000473. The van der Waals surface area contributed by atoms with Crippen molar-refractivity contribution in [2.75, 3.05) is 0 Å². The molecule has 0 atom stereocenters. The molecule has 3 aromatic rings. The van der Waals surface area contributed by atoms with Crippen LogP contribution in [0.25, 0.3) is 18.2 Å². The third-order valence-electron chi connectivity index (χ3n) is 4.20. The molecule has 0 aromatic heterocycles. The number of carbonyl (C=O) groups is 3. The zero-order valence-corrected chi connectivity index (χ0v) is 19.2. The van der Waals surface area contributed by atoms with E-state index in [0.29, 0.717) is 16.7 Å². The summed E-state index contributed by atoms with van der Waals surface area (Å²) in [5.74, 6) is -3.50. The van der Waals surface area contributed by atoms with E-state index in [0.717, 1.165) is 0 Å². The van der Waals surface area contributed by atoms with Crippen molar-refractivity contribution in [3.8, 4) is 0 Å². The molecule has 0 heterocycles. The van der Waals surface area contributed by atoms with Gasteiger partial charge in [0, 0.05) is 16.7 Å². The van der Waals surface area contributed by atoms with Gasteiger partial charge in [0.25, 0.3) is 0 Å². The summed E-state index contributed by atoms with van der Waals surface area (Å²) in [6, 6.07) is 19.7. The molecule has 173 valence electrons. The molecule has 0 amide bonds. The first-order valence-electron chi connectivity index (χ1n) is 9.55. The number of rotatable bonds is 6. The number of hydrogen-bond donors (Lipinski definition) is 0. The van der Waals surface area contributed by atoms with Crippen LogP contribution in [0.15, 0.2) is 92.5 Å². The maximum atomic E-state index is 10.4. The van der Waals surface area contributed by atoms with Gasteiger partial charge in [-0.25, -0.2) is 0 Å². The van der Waals surface area contributed by atoms with E-state index in [4.69, 9.17) is 0 Å². The van der Waals surface area contributed by atoms with Crippen molar-refractivity contribution in [1.82, 2.24) is 0 Å². The van der Waals surface area contributed by atoms with Crippen molar-refractivity contribution < 1.29 is 46.8 Å². The summed E-state index contributed by atoms with van der Waals surface area (Å²) in [6.45, 7) is 10.4. The molecule has 3 rings (SSSR count). The van der Waals surface area contributed by atoms with Crippen LogP contribution in [0, 0.1) is 0 Å². The Kier molecular flexibility index (Phi) is 13.7. The van der Waals surface area contributed by atoms with E-state index in [1.165, 1.54) is 36.4 Å². The molecule has 0 aliphatic heterocycles. The van der Waals surface area contributed by atoms with Gasteiger partial charge in [-0.15, -0.1) is 0 Å². The fourth-order valence-corrected chi connectivity index (χ4v) is 2.58. The second-order valence-corrected chi connectivity index (χ2v) is 6.24. The molecule has 1 radical (unpaired) electrons. The van der Waals surface area contributed by atoms with E-state index < -0.39 is 17.9 Å². The van der Waals surface area contributed by atoms with Gasteiger partial charge in [0.15, 0.2) is 0 Å². The van der Waals surface area contributed by atoms with Crippen LogP contribution in [0.3, 0.4) is 0 Å². The van der Waals surface area contributed by atoms with Crippen molar-refractivity contribution in [3.63, 3.8) is 0 Å². The van der Waals surface area contributed by atoms with Gasteiger partial charge >= 0.3 is 17.1 Å². The minimum Gasteiger partial charge on any atom is -0.545 e. The number of benzene rings is 3. The molecule has 0 spiro atoms. The first-order chi connectivity index (χ1) is 15.8. The Labute approximate surface area is 208 Å². The summed E-state index contributed by atoms with van der Waals surface area (Å²) >= 11 is 0. The molecule has 0 unspecified atom stereocenters. The van der Waals surface area contributed by atoms with Crippen LogP contribution >= 0.6 is 0 Å². The fraction of sp³-hybridized carbons (Fsp3) is 0. The molecule has 0 N–H and O–H groups in total. The second kappa shape index (κ2) is 15.6. The van der Waals surface area contributed by atoms with E-state index >= 15 is 0 Å². The normalized spacial score (nSPS) is 8.82. The summed E-state index contributed by atoms with van der Waals surface area (Å²) in [5.41, 5.74) is 2.32. The van der Waals surface area contributed by atoms with Gasteiger partial charge in [-0.1, -0.05) is 111 Å². The topological polar surface area (TPSA) is 120 Å². The predicted molar refractivity (Wildman–Crippen MR) is 123 cm³/mol. The van der Waals surface area contributed by atoms with Gasteiger partial charge in [0.05, 0.1) is 17.9 Å². The molecule has 7 heteroatoms. The smallest absolute Gasteiger partial charge is 0.545 e. The van der Waals surface area contributed by atoms with E-state index in [-0.39, 0.29) is 33.8 Å². The molecule has 6 nitrogen and oxygen atoms in total. The second-order valence-electron chi connectivity index (χ2n) is 6.24. The van der Waals surface area contributed by atoms with Gasteiger partial charge in [-0.3, -0.25) is 0 Å². The molecule has 0 aliphatic carbocycles. The first kappa shape index (κ1) is 29.8. The van der Waals surface area contributed by atoms with E-state index in [1.54, 1.807) is 54.6 Å². The average molecular weight is 497 g/mol. The van der Waals surface area contributed by atoms with Crippen molar-refractivity contribution in [2.45, 2.75) is 0 Å². The van der Waals surface area contributed by atoms with Crippen LogP contribution in [0.5, 0.6) is 0 Å². The van der Waals surface area contributed by atoms with E-state index in [9.17, 15) is 29.7 Å².